The second-order valence-corrected chi connectivity index (χ2v) is 4.50. The van der Waals surface area contributed by atoms with Crippen molar-refractivity contribution in [3.8, 4) is 6.07 Å². The molecule has 0 spiro atoms. The molecule has 0 N–H and O–H groups in total. The van der Waals surface area contributed by atoms with Crippen LogP contribution in [-0.4, -0.2) is 5.80 Å². The minimum Gasteiger partial charge on any atom is -0.192 e. The van der Waals surface area contributed by atoms with Crippen LogP contribution < -0.4 is 0 Å². The molecule has 0 heterocycles. The van der Waals surface area contributed by atoms with Crippen LogP contribution in [0.5, 0.6) is 0 Å². The minimum atomic E-state index is 0.753. The SMILES string of the molecule is N#Cc1c2ccccc2cc2cc(C=P)ccc12. The molecule has 3 aromatic carbocycles. The Morgan fingerprint density at radius 3 is 2.50 bits per heavy atom. The largest absolute Gasteiger partial charge is 0.192 e. The van der Waals surface area contributed by atoms with Crippen LogP contribution in [-0.2, 0) is 0 Å². The molecule has 0 aliphatic rings. The molecule has 0 amide bonds. The molecule has 18 heavy (non-hydrogen) atoms. The quantitative estimate of drug-likeness (QED) is 0.468. The number of benzene rings is 3. The van der Waals surface area contributed by atoms with Crippen molar-refractivity contribution in [3.63, 3.8) is 0 Å². The van der Waals surface area contributed by atoms with E-state index in [0.29, 0.717) is 0 Å². The smallest absolute Gasteiger partial charge is 0.100 e. The molecule has 0 aliphatic heterocycles. The minimum absolute atomic E-state index is 0.753. The Morgan fingerprint density at radius 2 is 1.72 bits per heavy atom. The van der Waals surface area contributed by atoms with Crippen LogP contribution >= 0.6 is 8.86 Å². The zero-order valence-corrected chi connectivity index (χ0v) is 10.6. The van der Waals surface area contributed by atoms with Gasteiger partial charge in [-0.2, -0.15) is 5.26 Å². The van der Waals surface area contributed by atoms with Crippen LogP contribution in [0.4, 0.5) is 0 Å². The van der Waals surface area contributed by atoms with Crippen molar-refractivity contribution >= 4 is 36.2 Å². The first-order valence-corrected chi connectivity index (χ1v) is 6.27. The van der Waals surface area contributed by atoms with E-state index in [-0.39, 0.29) is 0 Å². The first-order chi connectivity index (χ1) is 8.83. The summed E-state index contributed by atoms with van der Waals surface area (Å²) in [5.41, 5.74) is 1.85. The van der Waals surface area contributed by atoms with Gasteiger partial charge in [-0.15, -0.1) is 8.86 Å². The first-order valence-electron chi connectivity index (χ1n) is 5.69. The Labute approximate surface area is 108 Å². The topological polar surface area (TPSA) is 23.8 Å². The summed E-state index contributed by atoms with van der Waals surface area (Å²) in [6, 6.07) is 18.5. The average Bonchev–Trinajstić information content (AvgIpc) is 2.44. The molecule has 3 rings (SSSR count). The van der Waals surface area contributed by atoms with E-state index in [4.69, 9.17) is 0 Å². The second-order valence-electron chi connectivity index (χ2n) is 4.21. The summed E-state index contributed by atoms with van der Waals surface area (Å²) in [6.07, 6.45) is 0. The number of fused-ring (bicyclic) bond motifs is 2. The highest BCUT2D eigenvalue weighted by molar-refractivity contribution is 7.19. The van der Waals surface area contributed by atoms with Gasteiger partial charge in [0.2, 0.25) is 0 Å². The van der Waals surface area contributed by atoms with E-state index in [1.54, 1.807) is 0 Å². The van der Waals surface area contributed by atoms with Crippen LogP contribution in [0.15, 0.2) is 48.5 Å². The molecule has 2 heteroatoms. The first kappa shape index (κ1) is 11.0. The van der Waals surface area contributed by atoms with Gasteiger partial charge >= 0.3 is 0 Å². The molecule has 1 nitrogen and oxygen atoms in total. The van der Waals surface area contributed by atoms with Crippen molar-refractivity contribution < 1.29 is 0 Å². The maximum atomic E-state index is 9.39. The van der Waals surface area contributed by atoms with E-state index in [9.17, 15) is 5.26 Å². The number of rotatable bonds is 1. The Hall–Kier alpha value is -2.16. The standard InChI is InChI=1S/C16H10NP/c17-9-16-14-4-2-1-3-12(14)8-13-7-11(10-18)5-6-15(13)16/h1-8,10,18H. The molecule has 0 saturated carbocycles. The number of hydrogen-bond donors (Lipinski definition) is 0. The zero-order chi connectivity index (χ0) is 12.5. The Balaban J connectivity index is 2.54. The fourth-order valence-electron chi connectivity index (χ4n) is 2.30. The lowest BCUT2D eigenvalue weighted by molar-refractivity contribution is 1.52. The summed E-state index contributed by atoms with van der Waals surface area (Å²) >= 11 is 0. The molecule has 0 fully saturated rings. The predicted molar refractivity (Wildman–Crippen MR) is 79.7 cm³/mol. The van der Waals surface area contributed by atoms with E-state index >= 15 is 0 Å². The molecule has 0 aliphatic carbocycles. The van der Waals surface area contributed by atoms with Gasteiger partial charge in [0.05, 0.1) is 5.56 Å². The predicted octanol–water partition coefficient (Wildman–Crippen LogP) is 4.16. The van der Waals surface area contributed by atoms with Gasteiger partial charge in [0.25, 0.3) is 0 Å². The Morgan fingerprint density at radius 1 is 0.944 bits per heavy atom. The van der Waals surface area contributed by atoms with Gasteiger partial charge in [0.1, 0.15) is 6.07 Å². The van der Waals surface area contributed by atoms with Gasteiger partial charge in [-0.1, -0.05) is 36.4 Å². The third-order valence-corrected chi connectivity index (χ3v) is 3.50. The molecule has 0 saturated heterocycles. The van der Waals surface area contributed by atoms with Gasteiger partial charge in [0, 0.05) is 10.8 Å². The van der Waals surface area contributed by atoms with E-state index in [2.05, 4.69) is 27.1 Å². The molecule has 0 radical (unpaired) electrons. The highest BCUT2D eigenvalue weighted by atomic mass is 31.0. The maximum absolute atomic E-state index is 9.39. The Bertz CT molecular complexity index is 812. The summed E-state index contributed by atoms with van der Waals surface area (Å²) in [4.78, 5) is 0. The lowest BCUT2D eigenvalue weighted by Gasteiger charge is -2.06. The normalized spacial score (nSPS) is 10.4. The molecule has 0 bridgehead atoms. The summed E-state index contributed by atoms with van der Waals surface area (Å²) in [5, 5.41) is 13.6. The second kappa shape index (κ2) is 4.26. The van der Waals surface area contributed by atoms with E-state index in [1.165, 1.54) is 0 Å². The highest BCUT2D eigenvalue weighted by Gasteiger charge is 2.06. The van der Waals surface area contributed by atoms with E-state index in [1.807, 2.05) is 42.2 Å². The monoisotopic (exact) mass is 247 g/mol. The van der Waals surface area contributed by atoms with Crippen molar-refractivity contribution in [3.05, 3.63) is 59.7 Å². The zero-order valence-electron chi connectivity index (χ0n) is 9.64. The fraction of sp³-hybridized carbons (Fsp3) is 0. The van der Waals surface area contributed by atoms with E-state index in [0.717, 1.165) is 32.7 Å². The Kier molecular flexibility index (Phi) is 2.59. The third kappa shape index (κ3) is 1.59. The summed E-state index contributed by atoms with van der Waals surface area (Å²) in [6.45, 7) is 0. The highest BCUT2D eigenvalue weighted by Crippen LogP contribution is 2.28. The van der Waals surface area contributed by atoms with Crippen molar-refractivity contribution in [1.29, 1.82) is 5.26 Å². The van der Waals surface area contributed by atoms with Crippen molar-refractivity contribution in [1.82, 2.24) is 0 Å². The molecule has 84 valence electrons. The van der Waals surface area contributed by atoms with Gasteiger partial charge in [-0.25, -0.2) is 0 Å². The van der Waals surface area contributed by atoms with Gasteiger partial charge in [-0.3, -0.25) is 0 Å². The summed E-state index contributed by atoms with van der Waals surface area (Å²) < 4.78 is 0. The molecule has 0 unspecified atom stereocenters. The fourth-order valence-corrected chi connectivity index (χ4v) is 2.48. The van der Waals surface area contributed by atoms with E-state index < -0.39 is 0 Å². The molecule has 0 atom stereocenters. The van der Waals surface area contributed by atoms with Crippen molar-refractivity contribution in [2.75, 3.05) is 0 Å². The molecular weight excluding hydrogens is 237 g/mol. The number of nitriles is 1. The molecule has 0 aromatic heterocycles. The lowest BCUT2D eigenvalue weighted by atomic mass is 9.96. The number of nitrogens with zero attached hydrogens (tertiary/aromatic N) is 1. The lowest BCUT2D eigenvalue weighted by Crippen LogP contribution is -1.86. The molecular formula is C16H10NP. The van der Waals surface area contributed by atoms with Crippen LogP contribution in [0.25, 0.3) is 21.5 Å². The van der Waals surface area contributed by atoms with Crippen molar-refractivity contribution in [2.24, 2.45) is 0 Å². The van der Waals surface area contributed by atoms with Crippen molar-refractivity contribution in [2.45, 2.75) is 0 Å². The van der Waals surface area contributed by atoms with Gasteiger partial charge in [-0.05, 0) is 34.3 Å². The van der Waals surface area contributed by atoms with Crippen LogP contribution in [0.2, 0.25) is 0 Å². The summed E-state index contributed by atoms with van der Waals surface area (Å²) in [7, 11) is 3.39. The molecule has 3 aromatic rings. The summed E-state index contributed by atoms with van der Waals surface area (Å²) in [5.74, 6) is 1.88. The average molecular weight is 247 g/mol. The van der Waals surface area contributed by atoms with Crippen LogP contribution in [0, 0.1) is 11.3 Å². The third-order valence-electron chi connectivity index (χ3n) is 3.16. The van der Waals surface area contributed by atoms with Gasteiger partial charge < -0.3 is 0 Å². The number of hydrogen-bond acceptors (Lipinski definition) is 1. The van der Waals surface area contributed by atoms with Gasteiger partial charge in [0.15, 0.2) is 0 Å². The van der Waals surface area contributed by atoms with Crippen LogP contribution in [0.1, 0.15) is 11.1 Å². The maximum Gasteiger partial charge on any atom is 0.100 e. The van der Waals surface area contributed by atoms with Crippen LogP contribution in [0.3, 0.4) is 0 Å².